The van der Waals surface area contributed by atoms with Crippen molar-refractivity contribution in [2.45, 2.75) is 12.2 Å². The number of carbonyl (C=O) groups is 2. The second kappa shape index (κ2) is 5.51. The van der Waals surface area contributed by atoms with Crippen LogP contribution >= 0.6 is 0 Å². The number of hydrogen-bond donors (Lipinski definition) is 2. The second-order valence-corrected chi connectivity index (χ2v) is 1.95. The summed E-state index contributed by atoms with van der Waals surface area (Å²) in [6.45, 7) is 0. The average Bonchev–Trinajstić information content (AvgIpc) is 2.16. The molecule has 0 aliphatic carbocycles. The summed E-state index contributed by atoms with van der Waals surface area (Å²) >= 11 is 0. The molecular weight excluding hydrogens is 196 g/mol. The minimum atomic E-state index is -2.23. The maximum Gasteiger partial charge on any atom is 0.250 e. The zero-order valence-corrected chi connectivity index (χ0v) is 6.55. The van der Waals surface area contributed by atoms with E-state index in [1.807, 2.05) is 9.82 Å². The number of rotatable bonds is 3. The van der Waals surface area contributed by atoms with Crippen molar-refractivity contribution in [1.82, 2.24) is 0 Å². The number of amides is 2. The first-order chi connectivity index (χ1) is 6.54. The zero-order chi connectivity index (χ0) is 11.1. The summed E-state index contributed by atoms with van der Waals surface area (Å²) in [7, 11) is 0. The van der Waals surface area contributed by atoms with Gasteiger partial charge in [0.15, 0.2) is 12.2 Å². The largest absolute Gasteiger partial charge is 0.382 e. The standard InChI is InChI=1S/C4H4N6O4/c5-9-7-3(13)1(11)2(12)4(14)8-10-6/h1-2,11-12H. The Morgan fingerprint density at radius 2 is 1.29 bits per heavy atom. The van der Waals surface area contributed by atoms with Crippen LogP contribution in [0.25, 0.3) is 20.9 Å². The van der Waals surface area contributed by atoms with E-state index in [1.165, 1.54) is 0 Å². The molecule has 2 amide bonds. The topological polar surface area (TPSA) is 172 Å². The van der Waals surface area contributed by atoms with E-state index in [2.05, 4.69) is 10.2 Å². The van der Waals surface area contributed by atoms with Crippen LogP contribution in [0.3, 0.4) is 0 Å². The Bertz CT molecular complexity index is 306. The van der Waals surface area contributed by atoms with Crippen LogP contribution in [-0.2, 0) is 9.59 Å². The Morgan fingerprint density at radius 3 is 1.50 bits per heavy atom. The smallest absolute Gasteiger partial charge is 0.250 e. The molecular formula is C4H4N6O4. The molecule has 2 atom stereocenters. The van der Waals surface area contributed by atoms with Crippen LogP contribution in [0.15, 0.2) is 10.2 Å². The molecule has 0 aromatic carbocycles. The van der Waals surface area contributed by atoms with Crippen LogP contribution in [0.1, 0.15) is 0 Å². The number of nitrogens with zero attached hydrogens (tertiary/aromatic N) is 6. The molecule has 10 nitrogen and oxygen atoms in total. The normalized spacial score (nSPS) is 13.0. The maximum atomic E-state index is 10.6. The first-order valence-electron chi connectivity index (χ1n) is 3.08. The molecule has 2 N–H and O–H groups in total. The monoisotopic (exact) mass is 200 g/mol. The molecule has 0 aliphatic rings. The van der Waals surface area contributed by atoms with E-state index in [0.717, 1.165) is 0 Å². The molecule has 0 saturated heterocycles. The first-order valence-corrected chi connectivity index (χ1v) is 3.08. The highest BCUT2D eigenvalue weighted by atomic mass is 16.3. The van der Waals surface area contributed by atoms with Crippen LogP contribution in [0.2, 0.25) is 0 Å². The summed E-state index contributed by atoms with van der Waals surface area (Å²) in [6, 6.07) is 0. The lowest BCUT2D eigenvalue weighted by molar-refractivity contribution is -0.142. The molecule has 14 heavy (non-hydrogen) atoms. The van der Waals surface area contributed by atoms with E-state index in [9.17, 15) is 9.59 Å². The van der Waals surface area contributed by atoms with Crippen LogP contribution in [0, 0.1) is 0 Å². The van der Waals surface area contributed by atoms with Crippen molar-refractivity contribution < 1.29 is 19.8 Å². The molecule has 0 radical (unpaired) electrons. The van der Waals surface area contributed by atoms with Crippen molar-refractivity contribution in [3.05, 3.63) is 20.9 Å². The summed E-state index contributed by atoms with van der Waals surface area (Å²) in [6.07, 6.45) is -4.47. The van der Waals surface area contributed by atoms with Gasteiger partial charge < -0.3 is 10.2 Å². The van der Waals surface area contributed by atoms with Crippen LogP contribution < -0.4 is 0 Å². The summed E-state index contributed by atoms with van der Waals surface area (Å²) in [5, 5.41) is 22.6. The molecule has 2 unspecified atom stereocenters. The highest BCUT2D eigenvalue weighted by Crippen LogP contribution is 1.99. The number of aliphatic hydroxyl groups is 2. The lowest BCUT2D eigenvalue weighted by Gasteiger charge is -2.09. The van der Waals surface area contributed by atoms with Crippen molar-refractivity contribution in [3.63, 3.8) is 0 Å². The summed E-state index contributed by atoms with van der Waals surface area (Å²) < 4.78 is 0. The van der Waals surface area contributed by atoms with Gasteiger partial charge in [0.1, 0.15) is 0 Å². The Kier molecular flexibility index (Phi) is 4.68. The molecule has 74 valence electrons. The molecule has 0 bridgehead atoms. The van der Waals surface area contributed by atoms with Crippen LogP contribution in [0.5, 0.6) is 0 Å². The summed E-state index contributed by atoms with van der Waals surface area (Å²) in [5.74, 6) is -2.89. The lowest BCUT2D eigenvalue weighted by atomic mass is 10.2. The van der Waals surface area contributed by atoms with Crippen LogP contribution in [-0.4, -0.2) is 34.2 Å². The van der Waals surface area contributed by atoms with E-state index in [4.69, 9.17) is 21.3 Å². The van der Waals surface area contributed by atoms with Gasteiger partial charge in [-0.25, -0.2) is 0 Å². The minimum Gasteiger partial charge on any atom is -0.382 e. The van der Waals surface area contributed by atoms with Gasteiger partial charge in [0.2, 0.25) is 11.8 Å². The van der Waals surface area contributed by atoms with Crippen molar-refractivity contribution in [1.29, 1.82) is 0 Å². The zero-order valence-electron chi connectivity index (χ0n) is 6.55. The van der Waals surface area contributed by atoms with Gasteiger partial charge >= 0.3 is 0 Å². The minimum absolute atomic E-state index is 1.44. The number of aliphatic hydroxyl groups excluding tert-OH is 2. The highest BCUT2D eigenvalue weighted by molar-refractivity contribution is 5.91. The fourth-order valence-electron chi connectivity index (χ4n) is 0.477. The van der Waals surface area contributed by atoms with Crippen molar-refractivity contribution in [2.75, 3.05) is 0 Å². The van der Waals surface area contributed by atoms with Gasteiger partial charge in [-0.05, 0) is 21.3 Å². The Morgan fingerprint density at radius 1 is 1.00 bits per heavy atom. The fraction of sp³-hybridized carbons (Fsp3) is 0.500. The quantitative estimate of drug-likeness (QED) is 0.351. The molecule has 0 saturated carbocycles. The Hall–Kier alpha value is -2.12. The third-order valence-corrected chi connectivity index (χ3v) is 1.09. The van der Waals surface area contributed by atoms with Crippen molar-refractivity contribution in [3.8, 4) is 0 Å². The predicted molar refractivity (Wildman–Crippen MR) is 40.3 cm³/mol. The van der Waals surface area contributed by atoms with E-state index in [0.29, 0.717) is 0 Å². The average molecular weight is 200 g/mol. The fourth-order valence-corrected chi connectivity index (χ4v) is 0.477. The van der Waals surface area contributed by atoms with Gasteiger partial charge in [-0.3, -0.25) is 9.59 Å². The molecule has 10 heteroatoms. The molecule has 0 spiro atoms. The van der Waals surface area contributed by atoms with Gasteiger partial charge in [-0.1, -0.05) is 0 Å². The number of carbonyl (C=O) groups excluding carboxylic acids is 2. The SMILES string of the molecule is [N-]=[N+]=NC(=O)C(O)C(O)C(=O)N=[N+]=[N-]. The highest BCUT2D eigenvalue weighted by Gasteiger charge is 2.28. The third-order valence-electron chi connectivity index (χ3n) is 1.09. The van der Waals surface area contributed by atoms with Gasteiger partial charge in [0.25, 0.3) is 0 Å². The van der Waals surface area contributed by atoms with E-state index >= 15 is 0 Å². The van der Waals surface area contributed by atoms with E-state index in [1.54, 1.807) is 0 Å². The molecule has 0 aliphatic heterocycles. The van der Waals surface area contributed by atoms with Crippen LogP contribution in [0.4, 0.5) is 0 Å². The van der Waals surface area contributed by atoms with Gasteiger partial charge in [-0.2, -0.15) is 0 Å². The molecule has 0 aromatic rings. The van der Waals surface area contributed by atoms with E-state index < -0.39 is 24.0 Å². The van der Waals surface area contributed by atoms with E-state index in [-0.39, 0.29) is 0 Å². The Balaban J connectivity index is 4.60. The molecule has 0 heterocycles. The predicted octanol–water partition coefficient (Wildman–Crippen LogP) is -0.618. The second-order valence-electron chi connectivity index (χ2n) is 1.95. The van der Waals surface area contributed by atoms with Gasteiger partial charge in [0.05, 0.1) is 0 Å². The van der Waals surface area contributed by atoms with Gasteiger partial charge in [-0.15, -0.1) is 0 Å². The van der Waals surface area contributed by atoms with Crippen molar-refractivity contribution >= 4 is 11.8 Å². The molecule has 0 rings (SSSR count). The number of azide groups is 2. The molecule has 0 fully saturated rings. The lowest BCUT2D eigenvalue weighted by Crippen LogP contribution is -2.37. The molecule has 0 aromatic heterocycles. The summed E-state index contributed by atoms with van der Waals surface area (Å²) in [5.41, 5.74) is 15.6. The number of hydrogen-bond acceptors (Lipinski definition) is 4. The third kappa shape index (κ3) is 3.09. The van der Waals surface area contributed by atoms with Gasteiger partial charge in [0, 0.05) is 9.82 Å². The summed E-state index contributed by atoms with van der Waals surface area (Å²) in [4.78, 5) is 25.2. The Labute approximate surface area is 76.0 Å². The maximum absolute atomic E-state index is 10.6. The van der Waals surface area contributed by atoms with Crippen molar-refractivity contribution in [2.24, 2.45) is 10.2 Å². The first kappa shape index (κ1) is 11.9.